The highest BCUT2D eigenvalue weighted by molar-refractivity contribution is 7.15. The van der Waals surface area contributed by atoms with Crippen LogP contribution in [0.5, 0.6) is 5.75 Å². The van der Waals surface area contributed by atoms with Gasteiger partial charge in [0.15, 0.2) is 0 Å². The number of nitrogens with one attached hydrogen (secondary N) is 2. The molecule has 0 aliphatic rings. The molecule has 0 atom stereocenters. The van der Waals surface area contributed by atoms with Crippen molar-refractivity contribution in [2.45, 2.75) is 34.1 Å². The maximum Gasteiger partial charge on any atom is 0.341 e. The summed E-state index contributed by atoms with van der Waals surface area (Å²) in [6.07, 6.45) is 0.0971. The van der Waals surface area contributed by atoms with Gasteiger partial charge in [0.25, 0.3) is 0 Å². The van der Waals surface area contributed by atoms with Crippen LogP contribution in [0.1, 0.15) is 44.5 Å². The molecular weight excluding hydrogens is 404 g/mol. The minimum atomic E-state index is -0.519. The number of carbonyl (C=O) groups excluding carboxylic acids is 3. The summed E-state index contributed by atoms with van der Waals surface area (Å²) < 4.78 is 10.4. The summed E-state index contributed by atoms with van der Waals surface area (Å²) in [6.45, 7) is 7.59. The topological polar surface area (TPSA) is 93.7 Å². The van der Waals surface area contributed by atoms with E-state index >= 15 is 0 Å². The summed E-state index contributed by atoms with van der Waals surface area (Å²) in [6, 6.07) is 7.30. The Bertz CT molecular complexity index is 897. The fourth-order valence-corrected chi connectivity index (χ4v) is 3.56. The highest BCUT2D eigenvalue weighted by atomic mass is 32.1. The van der Waals surface area contributed by atoms with E-state index in [4.69, 9.17) is 9.47 Å². The van der Waals surface area contributed by atoms with Gasteiger partial charge in [-0.25, -0.2) is 4.79 Å². The third-order valence-electron chi connectivity index (χ3n) is 4.24. The third kappa shape index (κ3) is 6.06. The van der Waals surface area contributed by atoms with Gasteiger partial charge in [-0.2, -0.15) is 0 Å². The number of hydrogen-bond acceptors (Lipinski definition) is 6. The molecule has 0 spiro atoms. The number of methoxy groups -OCH3 is 1. The number of rotatable bonds is 8. The lowest BCUT2D eigenvalue weighted by Gasteiger charge is -2.17. The van der Waals surface area contributed by atoms with Crippen molar-refractivity contribution in [1.29, 1.82) is 0 Å². The normalized spacial score (nSPS) is 11.0. The van der Waals surface area contributed by atoms with Gasteiger partial charge in [-0.1, -0.05) is 32.9 Å². The Morgan fingerprint density at radius 3 is 2.33 bits per heavy atom. The molecule has 1 heterocycles. The lowest BCUT2D eigenvalue weighted by atomic mass is 9.96. The van der Waals surface area contributed by atoms with Gasteiger partial charge in [0, 0.05) is 29.3 Å². The van der Waals surface area contributed by atoms with E-state index in [0.717, 1.165) is 5.56 Å². The molecule has 0 radical (unpaired) electrons. The van der Waals surface area contributed by atoms with Crippen molar-refractivity contribution in [3.8, 4) is 16.9 Å². The van der Waals surface area contributed by atoms with Gasteiger partial charge in [0.05, 0.1) is 13.7 Å². The smallest absolute Gasteiger partial charge is 0.341 e. The third-order valence-corrected chi connectivity index (χ3v) is 5.14. The Hall–Kier alpha value is -2.87. The number of amides is 2. The number of thiophene rings is 1. The van der Waals surface area contributed by atoms with Crippen LogP contribution in [0.3, 0.4) is 0 Å². The molecular formula is C22H28N2O5S. The molecule has 1 aromatic heterocycles. The van der Waals surface area contributed by atoms with Crippen LogP contribution >= 0.6 is 11.3 Å². The van der Waals surface area contributed by atoms with Crippen LogP contribution in [0.25, 0.3) is 11.1 Å². The molecule has 30 heavy (non-hydrogen) atoms. The van der Waals surface area contributed by atoms with Crippen LogP contribution in [0.15, 0.2) is 29.6 Å². The van der Waals surface area contributed by atoms with Crippen molar-refractivity contribution in [1.82, 2.24) is 5.32 Å². The fraction of sp³-hybridized carbons (Fsp3) is 0.409. The second kappa shape index (κ2) is 10.2. The Morgan fingerprint density at radius 1 is 1.10 bits per heavy atom. The predicted octanol–water partition coefficient (Wildman–Crippen LogP) is 4.09. The minimum Gasteiger partial charge on any atom is -0.497 e. The van der Waals surface area contributed by atoms with Crippen molar-refractivity contribution in [3.05, 3.63) is 35.2 Å². The minimum absolute atomic E-state index is 0.0971. The van der Waals surface area contributed by atoms with Gasteiger partial charge in [-0.15, -0.1) is 11.3 Å². The molecule has 8 heteroatoms. The first-order chi connectivity index (χ1) is 14.2. The van der Waals surface area contributed by atoms with E-state index in [1.807, 2.05) is 17.5 Å². The standard InChI is InChI=1S/C22H28N2O5S/c1-6-29-20(26)18-16(14-7-9-15(28-5)10-8-14)13-30-19(18)24-17(25)11-12-23-21(27)22(2,3)4/h7-10,13H,6,11-12H2,1-5H3,(H,23,27)(H,24,25). The zero-order chi connectivity index (χ0) is 22.3. The molecule has 2 N–H and O–H groups in total. The average molecular weight is 433 g/mol. The maximum absolute atomic E-state index is 12.6. The van der Waals surface area contributed by atoms with Crippen LogP contribution < -0.4 is 15.4 Å². The van der Waals surface area contributed by atoms with Crippen LogP contribution in [0.4, 0.5) is 5.00 Å². The van der Waals surface area contributed by atoms with Gasteiger partial charge in [-0.3, -0.25) is 9.59 Å². The Kier molecular flexibility index (Phi) is 8.00. The molecule has 0 aliphatic carbocycles. The summed E-state index contributed by atoms with van der Waals surface area (Å²) in [5, 5.41) is 7.75. The van der Waals surface area contributed by atoms with E-state index in [2.05, 4.69) is 10.6 Å². The van der Waals surface area contributed by atoms with Crippen molar-refractivity contribution >= 4 is 34.1 Å². The van der Waals surface area contributed by atoms with E-state index in [0.29, 0.717) is 21.9 Å². The van der Waals surface area contributed by atoms with Crippen LogP contribution in [0, 0.1) is 5.41 Å². The van der Waals surface area contributed by atoms with E-state index in [9.17, 15) is 14.4 Å². The maximum atomic E-state index is 12.6. The molecule has 2 aromatic rings. The summed E-state index contributed by atoms with van der Waals surface area (Å²) >= 11 is 1.26. The number of anilines is 1. The van der Waals surface area contributed by atoms with E-state index in [-0.39, 0.29) is 31.4 Å². The lowest BCUT2D eigenvalue weighted by Crippen LogP contribution is -2.36. The van der Waals surface area contributed by atoms with E-state index in [1.165, 1.54) is 11.3 Å². The molecule has 0 saturated carbocycles. The van der Waals surface area contributed by atoms with E-state index < -0.39 is 11.4 Å². The molecule has 7 nitrogen and oxygen atoms in total. The van der Waals surface area contributed by atoms with Gasteiger partial charge in [-0.05, 0) is 24.6 Å². The molecule has 2 amide bonds. The largest absolute Gasteiger partial charge is 0.497 e. The highest BCUT2D eigenvalue weighted by Gasteiger charge is 2.24. The van der Waals surface area contributed by atoms with Crippen molar-refractivity contribution in [2.24, 2.45) is 5.41 Å². The number of benzene rings is 1. The first-order valence-electron chi connectivity index (χ1n) is 9.68. The molecule has 0 unspecified atom stereocenters. The molecule has 1 aromatic carbocycles. The summed E-state index contributed by atoms with van der Waals surface area (Å²) in [4.78, 5) is 36.9. The first kappa shape index (κ1) is 23.4. The molecule has 162 valence electrons. The van der Waals surface area contributed by atoms with Crippen LogP contribution in [-0.2, 0) is 14.3 Å². The Balaban J connectivity index is 2.17. The fourth-order valence-electron chi connectivity index (χ4n) is 2.58. The van der Waals surface area contributed by atoms with Crippen molar-refractivity contribution < 1.29 is 23.9 Å². The Labute approximate surface area is 180 Å². The summed E-state index contributed by atoms with van der Waals surface area (Å²) in [5.74, 6) is -0.211. The van der Waals surface area contributed by atoms with Crippen molar-refractivity contribution in [3.63, 3.8) is 0 Å². The monoisotopic (exact) mass is 432 g/mol. The zero-order valence-corrected chi connectivity index (χ0v) is 18.8. The van der Waals surface area contributed by atoms with Crippen LogP contribution in [-0.4, -0.2) is 38.0 Å². The quantitative estimate of drug-likeness (QED) is 0.613. The van der Waals surface area contributed by atoms with Gasteiger partial charge in [0.1, 0.15) is 16.3 Å². The number of esters is 1. The van der Waals surface area contributed by atoms with Crippen LogP contribution in [0.2, 0.25) is 0 Å². The van der Waals surface area contributed by atoms with Gasteiger partial charge in [0.2, 0.25) is 11.8 Å². The zero-order valence-electron chi connectivity index (χ0n) is 18.0. The SMILES string of the molecule is CCOC(=O)c1c(-c2ccc(OC)cc2)csc1NC(=O)CCNC(=O)C(C)(C)C. The molecule has 0 fully saturated rings. The van der Waals surface area contributed by atoms with Gasteiger partial charge >= 0.3 is 5.97 Å². The first-order valence-corrected chi connectivity index (χ1v) is 10.6. The second-order valence-corrected chi connectivity index (χ2v) is 8.49. The van der Waals surface area contributed by atoms with E-state index in [1.54, 1.807) is 46.9 Å². The number of carbonyl (C=O) groups is 3. The Morgan fingerprint density at radius 2 is 1.77 bits per heavy atom. The molecule has 0 saturated heterocycles. The number of hydrogen-bond donors (Lipinski definition) is 2. The number of ether oxygens (including phenoxy) is 2. The molecule has 2 rings (SSSR count). The predicted molar refractivity (Wildman–Crippen MR) is 118 cm³/mol. The average Bonchev–Trinajstić information content (AvgIpc) is 3.10. The molecule has 0 aliphatic heterocycles. The summed E-state index contributed by atoms with van der Waals surface area (Å²) in [7, 11) is 1.58. The molecule has 0 bridgehead atoms. The highest BCUT2D eigenvalue weighted by Crippen LogP contribution is 2.37. The summed E-state index contributed by atoms with van der Waals surface area (Å²) in [5.41, 5.74) is 1.29. The lowest BCUT2D eigenvalue weighted by molar-refractivity contribution is -0.128. The second-order valence-electron chi connectivity index (χ2n) is 7.61. The van der Waals surface area contributed by atoms with Crippen molar-refractivity contribution in [2.75, 3.05) is 25.6 Å². The van der Waals surface area contributed by atoms with Gasteiger partial charge < -0.3 is 20.1 Å².